The zero-order valence-electron chi connectivity index (χ0n) is 13.6. The van der Waals surface area contributed by atoms with Gasteiger partial charge in [-0.15, -0.1) is 0 Å². The first-order valence-corrected chi connectivity index (χ1v) is 8.85. The summed E-state index contributed by atoms with van der Waals surface area (Å²) in [5.41, 5.74) is 0.709. The van der Waals surface area contributed by atoms with E-state index in [2.05, 4.69) is 5.32 Å². The summed E-state index contributed by atoms with van der Waals surface area (Å²) in [6, 6.07) is 6.63. The molecule has 24 heavy (non-hydrogen) atoms. The van der Waals surface area contributed by atoms with Crippen LogP contribution in [0.5, 0.6) is 0 Å². The molecule has 3 aliphatic carbocycles. The highest BCUT2D eigenvalue weighted by Gasteiger charge is 2.53. The van der Waals surface area contributed by atoms with Crippen molar-refractivity contribution in [2.75, 3.05) is 0 Å². The van der Waals surface area contributed by atoms with Crippen LogP contribution in [0.15, 0.2) is 30.3 Å². The summed E-state index contributed by atoms with van der Waals surface area (Å²) in [6.07, 6.45) is 9.64. The summed E-state index contributed by atoms with van der Waals surface area (Å²) in [4.78, 5) is 22.6. The van der Waals surface area contributed by atoms with E-state index in [0.29, 0.717) is 17.5 Å². The number of nitrogens with zero attached hydrogens (tertiary/aromatic N) is 1. The van der Waals surface area contributed by atoms with E-state index in [4.69, 9.17) is 0 Å². The van der Waals surface area contributed by atoms with Gasteiger partial charge in [-0.25, -0.2) is 0 Å². The van der Waals surface area contributed by atoms with E-state index in [1.165, 1.54) is 43.9 Å². The summed E-state index contributed by atoms with van der Waals surface area (Å²) in [5, 5.41) is 14.0. The van der Waals surface area contributed by atoms with Gasteiger partial charge in [0.1, 0.15) is 0 Å². The molecule has 1 aromatic carbocycles. The zero-order chi connectivity index (χ0) is 16.7. The number of carbonyl (C=O) groups is 1. The van der Waals surface area contributed by atoms with Gasteiger partial charge >= 0.3 is 0 Å². The predicted molar refractivity (Wildman–Crippen MR) is 91.1 cm³/mol. The number of amides is 1. The number of nitrogens with one attached hydrogen (secondary N) is 1. The number of fused-ring (bicyclic) bond motifs is 5. The van der Waals surface area contributed by atoms with Gasteiger partial charge < -0.3 is 5.32 Å². The van der Waals surface area contributed by atoms with Crippen molar-refractivity contribution >= 4 is 17.7 Å². The summed E-state index contributed by atoms with van der Waals surface area (Å²) in [5.74, 6) is 3.14. The Labute approximate surface area is 141 Å². The molecule has 3 fully saturated rings. The summed E-state index contributed by atoms with van der Waals surface area (Å²) < 4.78 is 0. The van der Waals surface area contributed by atoms with E-state index in [-0.39, 0.29) is 11.6 Å². The third-order valence-corrected chi connectivity index (χ3v) is 6.26. The van der Waals surface area contributed by atoms with Crippen molar-refractivity contribution in [3.8, 4) is 0 Å². The molecular formula is C19H22N2O3. The number of benzene rings is 1. The molecule has 0 saturated heterocycles. The Bertz CT molecular complexity index is 700. The molecule has 1 amide bonds. The van der Waals surface area contributed by atoms with Crippen molar-refractivity contribution in [2.45, 2.75) is 38.1 Å². The Morgan fingerprint density at radius 1 is 1.21 bits per heavy atom. The normalized spacial score (nSPS) is 33.8. The van der Waals surface area contributed by atoms with Crippen LogP contribution in [-0.4, -0.2) is 16.9 Å². The Balaban J connectivity index is 1.37. The van der Waals surface area contributed by atoms with E-state index in [1.807, 2.05) is 0 Å². The Morgan fingerprint density at radius 2 is 2.04 bits per heavy atom. The lowest BCUT2D eigenvalue weighted by Gasteiger charge is -2.31. The highest BCUT2D eigenvalue weighted by atomic mass is 16.6. The molecule has 5 heteroatoms. The quantitative estimate of drug-likeness (QED) is 0.522. The topological polar surface area (TPSA) is 72.2 Å². The molecule has 1 aromatic rings. The van der Waals surface area contributed by atoms with Crippen LogP contribution in [0, 0.1) is 33.8 Å². The van der Waals surface area contributed by atoms with Crippen molar-refractivity contribution in [1.29, 1.82) is 0 Å². The van der Waals surface area contributed by atoms with Crippen LogP contribution >= 0.6 is 0 Å². The minimum Gasteiger partial charge on any atom is -0.350 e. The van der Waals surface area contributed by atoms with Gasteiger partial charge in [-0.2, -0.15) is 0 Å². The molecule has 5 atom stereocenters. The van der Waals surface area contributed by atoms with Crippen LogP contribution in [-0.2, 0) is 4.79 Å². The van der Waals surface area contributed by atoms with E-state index >= 15 is 0 Å². The van der Waals surface area contributed by atoms with Gasteiger partial charge in [-0.3, -0.25) is 14.9 Å². The Morgan fingerprint density at radius 3 is 2.88 bits per heavy atom. The van der Waals surface area contributed by atoms with Gasteiger partial charge in [-0.1, -0.05) is 18.6 Å². The Hall–Kier alpha value is -2.17. The highest BCUT2D eigenvalue weighted by molar-refractivity contribution is 5.92. The van der Waals surface area contributed by atoms with E-state index in [1.54, 1.807) is 18.2 Å². The molecule has 1 N–H and O–H groups in total. The van der Waals surface area contributed by atoms with Gasteiger partial charge in [0.2, 0.25) is 5.91 Å². The maximum Gasteiger partial charge on any atom is 0.270 e. The average molecular weight is 326 g/mol. The lowest BCUT2D eigenvalue weighted by Crippen LogP contribution is -2.41. The standard InChI is InChI=1S/C19H22N2O3/c22-19(8-7-12-3-1-4-14(9-12)21(23)24)20-18-11-13-10-17(18)16-6-2-5-15(13)16/h1,3-4,7-9,13,15-18H,2,5-6,10-11H2,(H,20,22)/b8-7+. The maximum absolute atomic E-state index is 12.2. The van der Waals surface area contributed by atoms with Crippen molar-refractivity contribution in [3.05, 3.63) is 46.0 Å². The molecular weight excluding hydrogens is 304 g/mol. The van der Waals surface area contributed by atoms with Gasteiger partial charge in [0.15, 0.2) is 0 Å². The average Bonchev–Trinajstić information content (AvgIpc) is 3.26. The van der Waals surface area contributed by atoms with Gasteiger partial charge in [0.05, 0.1) is 4.92 Å². The zero-order valence-corrected chi connectivity index (χ0v) is 13.6. The number of hydrogen-bond donors (Lipinski definition) is 1. The number of rotatable bonds is 4. The van der Waals surface area contributed by atoms with E-state index in [0.717, 1.165) is 24.2 Å². The number of non-ortho nitro benzene ring substituents is 1. The van der Waals surface area contributed by atoms with Crippen LogP contribution in [0.3, 0.4) is 0 Å². The van der Waals surface area contributed by atoms with Crippen LogP contribution in [0.1, 0.15) is 37.7 Å². The van der Waals surface area contributed by atoms with Crippen molar-refractivity contribution < 1.29 is 9.72 Å². The second-order valence-corrected chi connectivity index (χ2v) is 7.45. The van der Waals surface area contributed by atoms with Crippen LogP contribution in [0.25, 0.3) is 6.08 Å². The summed E-state index contributed by atoms with van der Waals surface area (Å²) >= 11 is 0. The molecule has 0 aromatic heterocycles. The first-order valence-electron chi connectivity index (χ1n) is 8.85. The summed E-state index contributed by atoms with van der Waals surface area (Å²) in [7, 11) is 0. The number of hydrogen-bond acceptors (Lipinski definition) is 3. The molecule has 0 aliphatic heterocycles. The van der Waals surface area contributed by atoms with Crippen molar-refractivity contribution in [1.82, 2.24) is 5.32 Å². The minimum absolute atomic E-state index is 0.0398. The van der Waals surface area contributed by atoms with E-state index in [9.17, 15) is 14.9 Å². The monoisotopic (exact) mass is 326 g/mol. The molecule has 0 heterocycles. The van der Waals surface area contributed by atoms with Gasteiger partial charge in [-0.05, 0) is 61.0 Å². The van der Waals surface area contributed by atoms with Crippen molar-refractivity contribution in [2.24, 2.45) is 23.7 Å². The highest BCUT2D eigenvalue weighted by Crippen LogP contribution is 2.58. The van der Waals surface area contributed by atoms with Crippen LogP contribution < -0.4 is 5.32 Å². The first kappa shape index (κ1) is 15.4. The number of carbonyl (C=O) groups excluding carboxylic acids is 1. The van der Waals surface area contributed by atoms with E-state index < -0.39 is 4.92 Å². The second-order valence-electron chi connectivity index (χ2n) is 7.45. The third-order valence-electron chi connectivity index (χ3n) is 6.26. The minimum atomic E-state index is -0.426. The number of nitro groups is 1. The molecule has 3 saturated carbocycles. The molecule has 2 bridgehead atoms. The molecule has 4 rings (SSSR count). The summed E-state index contributed by atoms with van der Waals surface area (Å²) in [6.45, 7) is 0. The van der Waals surface area contributed by atoms with Crippen molar-refractivity contribution in [3.63, 3.8) is 0 Å². The largest absolute Gasteiger partial charge is 0.350 e. The SMILES string of the molecule is O=C(/C=C/c1cccc([N+](=O)[O-])c1)NC1CC2CC1C1CCCC21. The molecule has 3 aliphatic rings. The smallest absolute Gasteiger partial charge is 0.270 e. The van der Waals surface area contributed by atoms with Gasteiger partial charge in [0.25, 0.3) is 5.69 Å². The predicted octanol–water partition coefficient (Wildman–Crippen LogP) is 3.55. The molecule has 126 valence electrons. The fourth-order valence-electron chi connectivity index (χ4n) is 5.38. The van der Waals surface area contributed by atoms with Crippen LogP contribution in [0.4, 0.5) is 5.69 Å². The lowest BCUT2D eigenvalue weighted by atomic mass is 9.79. The Kier molecular flexibility index (Phi) is 3.87. The molecule has 5 nitrogen and oxygen atoms in total. The maximum atomic E-state index is 12.2. The van der Waals surface area contributed by atoms with Crippen LogP contribution in [0.2, 0.25) is 0 Å². The first-order chi connectivity index (χ1) is 11.6. The fourth-order valence-corrected chi connectivity index (χ4v) is 5.38. The molecule has 0 radical (unpaired) electrons. The molecule has 0 spiro atoms. The molecule has 5 unspecified atom stereocenters. The lowest BCUT2D eigenvalue weighted by molar-refractivity contribution is -0.384. The second kappa shape index (κ2) is 6.04. The fraction of sp³-hybridized carbons (Fsp3) is 0.526. The third kappa shape index (κ3) is 2.72. The van der Waals surface area contributed by atoms with Gasteiger partial charge in [0, 0.05) is 24.3 Å². The number of nitro benzene ring substituents is 1.